The molecule has 4 heteroatoms. The van der Waals surface area contributed by atoms with Crippen molar-refractivity contribution >= 4 is 87.2 Å². The molecule has 0 N–H and O–H groups in total. The normalized spacial score (nSPS) is 12.7. The smallest absolute Gasteiger partial charge is 0.0548 e. The van der Waals surface area contributed by atoms with Gasteiger partial charge in [-0.2, -0.15) is 0 Å². The van der Waals surface area contributed by atoms with E-state index in [4.69, 9.17) is 0 Å². The molecule has 0 amide bonds. The van der Waals surface area contributed by atoms with Gasteiger partial charge in [0.05, 0.1) is 44.1 Å². The van der Waals surface area contributed by atoms with E-state index in [1.165, 1.54) is 115 Å². The second-order valence-corrected chi connectivity index (χ2v) is 25.6. The predicted molar refractivity (Wildman–Crippen MR) is 349 cm³/mol. The standard InChI is InChI=1S/C78H66N4/c1-76(2,3)49-51-33-39-68-62(41-51)66-47-72-64(45-74(66)79(68)56-25-15-9-16-26-56)60-37-35-54(43-70(60)81(72)58-29-19-11-20-30-58)78(7,53-23-13-8-14-24-53)55-36-38-61-65-46-75-67(48-73(65)82(71(61)44-55)59-31-21-12-22-32-59)63-42-52(50-77(4,5)6)34-40-69(63)80(75)57-27-17-10-18-28-57/h8-48H,49-50H2,1-7H3. The highest BCUT2D eigenvalue weighted by Gasteiger charge is 2.34. The van der Waals surface area contributed by atoms with Crippen LogP contribution in [0.15, 0.2) is 249 Å². The lowest BCUT2D eigenvalue weighted by atomic mass is 9.71. The molecule has 0 atom stereocenters. The van der Waals surface area contributed by atoms with E-state index in [1.807, 2.05) is 0 Å². The lowest BCUT2D eigenvalue weighted by molar-refractivity contribution is 0.411. The summed E-state index contributed by atoms with van der Waals surface area (Å²) in [6.07, 6.45) is 2.00. The maximum atomic E-state index is 2.52. The molecule has 82 heavy (non-hydrogen) atoms. The summed E-state index contributed by atoms with van der Waals surface area (Å²) in [5.41, 5.74) is 20.4. The van der Waals surface area contributed by atoms with Gasteiger partial charge in [0, 0.05) is 71.3 Å². The molecule has 0 aliphatic heterocycles. The zero-order chi connectivity index (χ0) is 55.6. The lowest BCUT2D eigenvalue weighted by Gasteiger charge is -2.32. The Bertz CT molecular complexity index is 4670. The van der Waals surface area contributed by atoms with E-state index in [1.54, 1.807) is 0 Å². The van der Waals surface area contributed by atoms with Crippen LogP contribution in [0, 0.1) is 10.8 Å². The maximum Gasteiger partial charge on any atom is 0.0548 e. The van der Waals surface area contributed by atoms with Crippen LogP contribution >= 0.6 is 0 Å². The Hall–Kier alpha value is -9.38. The molecule has 15 aromatic rings. The third-order valence-corrected chi connectivity index (χ3v) is 17.5. The highest BCUT2D eigenvalue weighted by molar-refractivity contribution is 6.21. The molecular formula is C78H66N4. The third kappa shape index (κ3) is 8.02. The highest BCUT2D eigenvalue weighted by atomic mass is 15.0. The molecule has 0 bridgehead atoms. The van der Waals surface area contributed by atoms with Crippen molar-refractivity contribution in [3.8, 4) is 22.7 Å². The van der Waals surface area contributed by atoms with Crippen molar-refractivity contribution in [2.75, 3.05) is 0 Å². The molecule has 0 aliphatic carbocycles. The Morgan fingerprint density at radius 1 is 0.232 bits per heavy atom. The van der Waals surface area contributed by atoms with Gasteiger partial charge in [-0.3, -0.25) is 0 Å². The van der Waals surface area contributed by atoms with Crippen LogP contribution in [-0.2, 0) is 18.3 Å². The Balaban J connectivity index is 0.985. The van der Waals surface area contributed by atoms with Crippen LogP contribution in [-0.4, -0.2) is 18.3 Å². The molecule has 0 radical (unpaired) electrons. The fourth-order valence-corrected chi connectivity index (χ4v) is 13.9. The number of hydrogen-bond donors (Lipinski definition) is 0. The van der Waals surface area contributed by atoms with Gasteiger partial charge >= 0.3 is 0 Å². The van der Waals surface area contributed by atoms with Gasteiger partial charge in [0.2, 0.25) is 0 Å². The molecule has 0 unspecified atom stereocenters. The first kappa shape index (κ1) is 49.6. The van der Waals surface area contributed by atoms with E-state index in [-0.39, 0.29) is 10.8 Å². The largest absolute Gasteiger partial charge is 0.309 e. The summed E-state index contributed by atoms with van der Waals surface area (Å²) in [7, 11) is 0. The van der Waals surface area contributed by atoms with E-state index in [2.05, 4.69) is 315 Å². The minimum Gasteiger partial charge on any atom is -0.309 e. The first-order valence-corrected chi connectivity index (χ1v) is 29.2. The van der Waals surface area contributed by atoms with Crippen LogP contribution < -0.4 is 0 Å². The van der Waals surface area contributed by atoms with Crippen LogP contribution in [0.4, 0.5) is 0 Å². The zero-order valence-electron chi connectivity index (χ0n) is 47.9. The number of fused-ring (bicyclic) bond motifs is 12. The monoisotopic (exact) mass is 1060 g/mol. The van der Waals surface area contributed by atoms with Gasteiger partial charge < -0.3 is 18.3 Å². The lowest BCUT2D eigenvalue weighted by Crippen LogP contribution is -2.25. The average molecular weight is 1060 g/mol. The number of benzene rings is 11. The molecule has 0 spiro atoms. The van der Waals surface area contributed by atoms with Crippen molar-refractivity contribution in [1.29, 1.82) is 0 Å². The van der Waals surface area contributed by atoms with Crippen molar-refractivity contribution in [1.82, 2.24) is 18.3 Å². The molecule has 4 aromatic heterocycles. The molecule has 398 valence electrons. The van der Waals surface area contributed by atoms with E-state index in [0.717, 1.165) is 35.6 Å². The van der Waals surface area contributed by atoms with Gasteiger partial charge in [-0.05, 0) is 168 Å². The Kier molecular flexibility index (Phi) is 11.3. The molecular weight excluding hydrogens is 993 g/mol. The molecule has 4 nitrogen and oxygen atoms in total. The summed E-state index contributed by atoms with van der Waals surface area (Å²) >= 11 is 0. The molecule has 0 saturated heterocycles. The van der Waals surface area contributed by atoms with Gasteiger partial charge in [-0.15, -0.1) is 0 Å². The minimum atomic E-state index is -0.567. The average Bonchev–Trinajstić information content (AvgIpc) is 4.08. The van der Waals surface area contributed by atoms with Gasteiger partial charge in [0.25, 0.3) is 0 Å². The Morgan fingerprint density at radius 3 is 0.841 bits per heavy atom. The van der Waals surface area contributed by atoms with Crippen LogP contribution in [0.3, 0.4) is 0 Å². The number of rotatable bonds is 9. The first-order chi connectivity index (χ1) is 39.8. The van der Waals surface area contributed by atoms with E-state index in [9.17, 15) is 0 Å². The fraction of sp³-hybridized carbons (Fsp3) is 0.154. The highest BCUT2D eigenvalue weighted by Crippen LogP contribution is 2.47. The van der Waals surface area contributed by atoms with E-state index in [0.29, 0.717) is 0 Å². The summed E-state index contributed by atoms with van der Waals surface area (Å²) in [5.74, 6) is 0. The second kappa shape index (κ2) is 18.6. The molecule has 11 aromatic carbocycles. The van der Waals surface area contributed by atoms with Gasteiger partial charge in [0.15, 0.2) is 0 Å². The van der Waals surface area contributed by atoms with Gasteiger partial charge in [0.1, 0.15) is 0 Å². The number of hydrogen-bond acceptors (Lipinski definition) is 0. The zero-order valence-corrected chi connectivity index (χ0v) is 47.9. The summed E-state index contributed by atoms with van der Waals surface area (Å²) in [6.45, 7) is 16.4. The van der Waals surface area contributed by atoms with Crippen LogP contribution in [0.2, 0.25) is 0 Å². The van der Waals surface area contributed by atoms with E-state index < -0.39 is 5.41 Å². The Labute approximate surface area is 479 Å². The summed E-state index contributed by atoms with van der Waals surface area (Å²) < 4.78 is 9.97. The SMILES string of the molecule is CC(C)(C)Cc1ccc2c(c1)c1cc3c(cc1n2-c1ccccc1)c1ccc(C(C)(c2ccccc2)c2ccc4c5cc6c(cc5n(-c5ccccc5)c4c2)c2cc(CC(C)(C)C)ccc2n6-c2ccccc2)cc1n3-c1ccccc1. The van der Waals surface area contributed by atoms with E-state index >= 15 is 0 Å². The maximum absolute atomic E-state index is 2.52. The molecule has 0 aliphatic rings. The number of nitrogens with zero attached hydrogens (tertiary/aromatic N) is 4. The second-order valence-electron chi connectivity index (χ2n) is 25.6. The third-order valence-electron chi connectivity index (χ3n) is 17.5. The van der Waals surface area contributed by atoms with Gasteiger partial charge in [-0.25, -0.2) is 0 Å². The van der Waals surface area contributed by atoms with Crippen LogP contribution in [0.1, 0.15) is 76.3 Å². The summed E-state index contributed by atoms with van der Waals surface area (Å²) in [4.78, 5) is 0. The Morgan fingerprint density at radius 2 is 0.512 bits per heavy atom. The van der Waals surface area contributed by atoms with Crippen molar-refractivity contribution in [2.24, 2.45) is 10.8 Å². The topological polar surface area (TPSA) is 19.7 Å². The molecule has 4 heterocycles. The quantitative estimate of drug-likeness (QED) is 0.128. The van der Waals surface area contributed by atoms with Crippen LogP contribution in [0.25, 0.3) is 110 Å². The number of para-hydroxylation sites is 4. The van der Waals surface area contributed by atoms with Crippen molar-refractivity contribution in [2.45, 2.75) is 66.7 Å². The molecule has 15 rings (SSSR count). The fourth-order valence-electron chi connectivity index (χ4n) is 13.9. The first-order valence-electron chi connectivity index (χ1n) is 29.2. The molecule has 0 fully saturated rings. The summed E-state index contributed by atoms with van der Waals surface area (Å²) in [5, 5.41) is 9.98. The van der Waals surface area contributed by atoms with Crippen molar-refractivity contribution in [3.05, 3.63) is 277 Å². The van der Waals surface area contributed by atoms with Crippen molar-refractivity contribution < 1.29 is 0 Å². The van der Waals surface area contributed by atoms with Crippen LogP contribution in [0.5, 0.6) is 0 Å². The summed E-state index contributed by atoms with van der Waals surface area (Å²) in [6, 6.07) is 93.7. The van der Waals surface area contributed by atoms with Crippen molar-refractivity contribution in [3.63, 3.8) is 0 Å². The minimum absolute atomic E-state index is 0.159. The predicted octanol–water partition coefficient (Wildman–Crippen LogP) is 20.6. The van der Waals surface area contributed by atoms with Gasteiger partial charge in [-0.1, -0.05) is 181 Å². The number of aromatic nitrogens is 4. The molecule has 0 saturated carbocycles.